The van der Waals surface area contributed by atoms with Crippen molar-refractivity contribution in [2.45, 2.75) is 38.1 Å². The van der Waals surface area contributed by atoms with Crippen LogP contribution < -0.4 is 19.5 Å². The molecule has 5 rings (SSSR count). The van der Waals surface area contributed by atoms with Crippen molar-refractivity contribution < 1.29 is 33.6 Å². The number of unbranched alkanes of at least 4 members (excludes halogenated alkanes) is 1. The van der Waals surface area contributed by atoms with Crippen molar-refractivity contribution in [3.63, 3.8) is 0 Å². The number of nitrogens with zero attached hydrogens (tertiary/aromatic N) is 1. The van der Waals surface area contributed by atoms with Gasteiger partial charge in [0.25, 0.3) is 0 Å². The Kier molecular flexibility index (Phi) is 6.90. The van der Waals surface area contributed by atoms with Gasteiger partial charge in [-0.15, -0.1) is 0 Å². The van der Waals surface area contributed by atoms with E-state index in [1.807, 2.05) is 32.3 Å². The van der Waals surface area contributed by atoms with E-state index in [1.54, 1.807) is 13.0 Å². The number of phenolic OH excluding ortho intramolecular Hbond substituents is 1. The fourth-order valence-electron chi connectivity index (χ4n) is 5.82. The van der Waals surface area contributed by atoms with Crippen LogP contribution in [0.2, 0.25) is 0 Å². The first kappa shape index (κ1) is 25.2. The average Bonchev–Trinajstić information content (AvgIpc) is 3.48. The van der Waals surface area contributed by atoms with Crippen molar-refractivity contribution in [3.05, 3.63) is 46.5 Å². The molecule has 198 valence electrons. The Morgan fingerprint density at radius 2 is 1.84 bits per heavy atom. The number of phenols is 1. The van der Waals surface area contributed by atoms with Crippen LogP contribution in [0.15, 0.2) is 24.3 Å². The molecule has 1 aliphatic carbocycles. The van der Waals surface area contributed by atoms with E-state index >= 15 is 0 Å². The molecule has 0 bridgehead atoms. The lowest BCUT2D eigenvalue weighted by molar-refractivity contribution is -0.141. The Bertz CT molecular complexity index is 1210. The third-order valence-corrected chi connectivity index (χ3v) is 7.63. The van der Waals surface area contributed by atoms with Crippen LogP contribution in [0, 0.1) is 18.8 Å². The van der Waals surface area contributed by atoms with Gasteiger partial charge < -0.3 is 34.3 Å². The highest BCUT2D eigenvalue weighted by Gasteiger charge is 2.53. The number of nitrogens with one attached hydrogen (secondary N) is 1. The summed E-state index contributed by atoms with van der Waals surface area (Å²) in [5.41, 5.74) is 3.23. The fourth-order valence-corrected chi connectivity index (χ4v) is 5.82. The standard InChI is InChI=1S/C28H34N2O7/c1-15-9-16(10-22(34-4)27(15)32)24-17-11-20-21(37-14-36-20)12-18(17)26(19-13-35-28(33)25(19)24)29-23(31)7-5-6-8-30(2)3/h9-12,19,24-26,32H,5-8,13-14H2,1-4H3,(H,29,31)/t19-,24?,25-,26+/m0/s1. The zero-order valence-electron chi connectivity index (χ0n) is 21.7. The van der Waals surface area contributed by atoms with Crippen LogP contribution in [-0.4, -0.2) is 63.0 Å². The first-order valence-corrected chi connectivity index (χ1v) is 12.7. The number of aromatic hydroxyl groups is 1. The van der Waals surface area contributed by atoms with Gasteiger partial charge in [-0.25, -0.2) is 0 Å². The van der Waals surface area contributed by atoms with E-state index in [0.29, 0.717) is 29.2 Å². The van der Waals surface area contributed by atoms with E-state index in [0.717, 1.165) is 36.1 Å². The maximum atomic E-state index is 13.2. The number of carbonyl (C=O) groups excluding carboxylic acids is 2. The molecule has 0 spiro atoms. The molecule has 2 aliphatic heterocycles. The van der Waals surface area contributed by atoms with E-state index in [9.17, 15) is 14.7 Å². The van der Waals surface area contributed by atoms with Crippen LogP contribution >= 0.6 is 0 Å². The highest BCUT2D eigenvalue weighted by atomic mass is 16.7. The third-order valence-electron chi connectivity index (χ3n) is 7.63. The molecule has 1 unspecified atom stereocenters. The van der Waals surface area contributed by atoms with Crippen molar-refractivity contribution in [2.75, 3.05) is 41.1 Å². The second kappa shape index (κ2) is 10.1. The van der Waals surface area contributed by atoms with Gasteiger partial charge in [0, 0.05) is 18.3 Å². The summed E-state index contributed by atoms with van der Waals surface area (Å²) in [5.74, 6) is 0.143. The minimum absolute atomic E-state index is 0.0499. The van der Waals surface area contributed by atoms with Gasteiger partial charge in [0.1, 0.15) is 0 Å². The van der Waals surface area contributed by atoms with Gasteiger partial charge in [-0.1, -0.05) is 6.07 Å². The number of rotatable bonds is 8. The molecule has 1 fully saturated rings. The normalized spacial score (nSPS) is 23.4. The van der Waals surface area contributed by atoms with Crippen molar-refractivity contribution in [1.82, 2.24) is 10.2 Å². The van der Waals surface area contributed by atoms with Gasteiger partial charge in [-0.3, -0.25) is 9.59 Å². The van der Waals surface area contributed by atoms with Crippen molar-refractivity contribution in [3.8, 4) is 23.0 Å². The lowest BCUT2D eigenvalue weighted by atomic mass is 9.65. The van der Waals surface area contributed by atoms with Crippen LogP contribution in [-0.2, 0) is 14.3 Å². The molecule has 0 radical (unpaired) electrons. The number of benzene rings is 2. The lowest BCUT2D eigenvalue weighted by Gasteiger charge is -2.39. The first-order valence-electron chi connectivity index (χ1n) is 12.7. The number of fused-ring (bicyclic) bond motifs is 3. The Labute approximate surface area is 216 Å². The Hall–Kier alpha value is -3.46. The minimum Gasteiger partial charge on any atom is -0.504 e. The summed E-state index contributed by atoms with van der Waals surface area (Å²) in [4.78, 5) is 28.3. The second-order valence-electron chi connectivity index (χ2n) is 10.3. The number of amides is 1. The molecule has 9 nitrogen and oxygen atoms in total. The van der Waals surface area contributed by atoms with Crippen molar-refractivity contribution in [1.29, 1.82) is 0 Å². The number of esters is 1. The highest BCUT2D eigenvalue weighted by molar-refractivity contribution is 5.81. The summed E-state index contributed by atoms with van der Waals surface area (Å²) < 4.78 is 22.4. The quantitative estimate of drug-likeness (QED) is 0.412. The molecule has 0 saturated carbocycles. The molecule has 2 N–H and O–H groups in total. The molecular formula is C28H34N2O7. The molecule has 2 aromatic carbocycles. The number of cyclic esters (lactones) is 1. The highest BCUT2D eigenvalue weighted by Crippen LogP contribution is 2.55. The SMILES string of the molecule is COc1cc(C2c3cc4c(cc3[C@@H](NC(=O)CCCCN(C)C)[C@H]3COC(=O)[C@H]23)OCO4)cc(C)c1O. The predicted octanol–water partition coefficient (Wildman–Crippen LogP) is 3.26. The van der Waals surface area contributed by atoms with Crippen molar-refractivity contribution >= 4 is 11.9 Å². The number of carbonyl (C=O) groups is 2. The lowest BCUT2D eigenvalue weighted by Crippen LogP contribution is -2.42. The number of hydrogen-bond donors (Lipinski definition) is 2. The summed E-state index contributed by atoms with van der Waals surface area (Å²) in [6, 6.07) is 7.08. The second-order valence-corrected chi connectivity index (χ2v) is 10.3. The van der Waals surface area contributed by atoms with Crippen LogP contribution in [0.25, 0.3) is 0 Å². The number of ether oxygens (including phenoxy) is 4. The molecule has 1 amide bonds. The average molecular weight is 511 g/mol. The number of aryl methyl sites for hydroxylation is 1. The Morgan fingerprint density at radius 1 is 1.11 bits per heavy atom. The number of methoxy groups -OCH3 is 1. The van der Waals surface area contributed by atoms with Gasteiger partial charge >= 0.3 is 5.97 Å². The van der Waals surface area contributed by atoms with E-state index in [-0.39, 0.29) is 42.9 Å². The van der Waals surface area contributed by atoms with Crippen LogP contribution in [0.3, 0.4) is 0 Å². The topological polar surface area (TPSA) is 107 Å². The zero-order valence-corrected chi connectivity index (χ0v) is 21.7. The van der Waals surface area contributed by atoms with E-state index < -0.39 is 12.0 Å². The molecule has 2 aromatic rings. The van der Waals surface area contributed by atoms with Crippen LogP contribution in [0.4, 0.5) is 0 Å². The molecule has 3 aliphatic rings. The van der Waals surface area contributed by atoms with Gasteiger partial charge in [0.2, 0.25) is 12.7 Å². The van der Waals surface area contributed by atoms with E-state index in [1.165, 1.54) is 7.11 Å². The maximum Gasteiger partial charge on any atom is 0.310 e. The van der Waals surface area contributed by atoms with Gasteiger partial charge in [-0.05, 0) is 80.9 Å². The summed E-state index contributed by atoms with van der Waals surface area (Å²) in [7, 11) is 5.53. The summed E-state index contributed by atoms with van der Waals surface area (Å²) >= 11 is 0. The predicted molar refractivity (Wildman–Crippen MR) is 135 cm³/mol. The molecule has 9 heteroatoms. The molecule has 4 atom stereocenters. The summed E-state index contributed by atoms with van der Waals surface area (Å²) in [6.07, 6.45) is 2.12. The maximum absolute atomic E-state index is 13.2. The van der Waals surface area contributed by atoms with E-state index in [4.69, 9.17) is 18.9 Å². The van der Waals surface area contributed by atoms with Crippen molar-refractivity contribution in [2.24, 2.45) is 11.8 Å². The molecule has 0 aromatic heterocycles. The smallest absolute Gasteiger partial charge is 0.310 e. The monoisotopic (exact) mass is 510 g/mol. The largest absolute Gasteiger partial charge is 0.504 e. The Balaban J connectivity index is 1.55. The molecule has 37 heavy (non-hydrogen) atoms. The Morgan fingerprint density at radius 3 is 2.54 bits per heavy atom. The van der Waals surface area contributed by atoms with Crippen LogP contribution in [0.5, 0.6) is 23.0 Å². The summed E-state index contributed by atoms with van der Waals surface area (Å²) in [6.45, 7) is 3.06. The minimum atomic E-state index is -0.513. The van der Waals surface area contributed by atoms with Gasteiger partial charge in [-0.2, -0.15) is 0 Å². The molecule has 2 heterocycles. The fraction of sp³-hybridized carbons (Fsp3) is 0.500. The number of hydrogen-bond acceptors (Lipinski definition) is 8. The third kappa shape index (κ3) is 4.68. The van der Waals surface area contributed by atoms with Crippen LogP contribution in [0.1, 0.15) is 53.5 Å². The molecule has 1 saturated heterocycles. The van der Waals surface area contributed by atoms with Gasteiger partial charge in [0.05, 0.1) is 25.7 Å². The first-order chi connectivity index (χ1) is 17.8. The van der Waals surface area contributed by atoms with Gasteiger partial charge in [0.15, 0.2) is 23.0 Å². The zero-order chi connectivity index (χ0) is 26.3. The van der Waals surface area contributed by atoms with E-state index in [2.05, 4.69) is 10.2 Å². The summed E-state index contributed by atoms with van der Waals surface area (Å²) in [5, 5.41) is 13.7. The molecular weight excluding hydrogens is 476 g/mol.